The molecule has 0 bridgehead atoms. The van der Waals surface area contributed by atoms with E-state index in [0.717, 1.165) is 23.4 Å². The molecule has 5 nitrogen and oxygen atoms in total. The van der Waals surface area contributed by atoms with Gasteiger partial charge >= 0.3 is 0 Å². The number of amides is 2. The number of nitrogens with zero attached hydrogens (tertiary/aromatic N) is 3. The first kappa shape index (κ1) is 18.5. The molecule has 1 aliphatic rings. The zero-order chi connectivity index (χ0) is 18.7. The molecule has 0 unspecified atom stereocenters. The Morgan fingerprint density at radius 3 is 2.77 bits per heavy atom. The van der Waals surface area contributed by atoms with Crippen molar-refractivity contribution in [3.05, 3.63) is 47.7 Å². The fraction of sp³-hybridized carbons (Fsp3) is 0.350. The van der Waals surface area contributed by atoms with E-state index in [-0.39, 0.29) is 11.8 Å². The fourth-order valence-corrected chi connectivity index (χ4v) is 4.10. The second-order valence-corrected chi connectivity index (χ2v) is 7.35. The lowest BCUT2D eigenvalue weighted by Gasteiger charge is -2.23. The summed E-state index contributed by atoms with van der Waals surface area (Å²) in [5.41, 5.74) is 2.09. The molecule has 0 radical (unpaired) electrons. The summed E-state index contributed by atoms with van der Waals surface area (Å²) in [4.78, 5) is 34.4. The SMILES string of the molecule is CCCN(C)C(=O)c1ccc2c(c1)Sc1ncccc1C(=O)N2CCC. The van der Waals surface area contributed by atoms with Crippen LogP contribution in [0.15, 0.2) is 46.5 Å². The van der Waals surface area contributed by atoms with Crippen LogP contribution < -0.4 is 4.90 Å². The van der Waals surface area contributed by atoms with Gasteiger partial charge in [-0.1, -0.05) is 25.6 Å². The molecular formula is C20H23N3O2S. The Morgan fingerprint density at radius 2 is 2.04 bits per heavy atom. The predicted octanol–water partition coefficient (Wildman–Crippen LogP) is 4.09. The molecule has 1 aliphatic heterocycles. The molecule has 136 valence electrons. The van der Waals surface area contributed by atoms with E-state index in [1.165, 1.54) is 11.8 Å². The first-order chi connectivity index (χ1) is 12.6. The average Bonchev–Trinajstić information content (AvgIpc) is 2.76. The van der Waals surface area contributed by atoms with Gasteiger partial charge in [-0.3, -0.25) is 9.59 Å². The summed E-state index contributed by atoms with van der Waals surface area (Å²) in [6, 6.07) is 9.18. The van der Waals surface area contributed by atoms with Gasteiger partial charge in [-0.2, -0.15) is 0 Å². The predicted molar refractivity (Wildman–Crippen MR) is 104 cm³/mol. The fourth-order valence-electron chi connectivity index (χ4n) is 3.05. The van der Waals surface area contributed by atoms with Crippen LogP contribution in [0, 0.1) is 0 Å². The maximum Gasteiger partial charge on any atom is 0.261 e. The Hall–Kier alpha value is -2.34. The number of benzene rings is 1. The largest absolute Gasteiger partial charge is 0.342 e. The van der Waals surface area contributed by atoms with Gasteiger partial charge in [0.2, 0.25) is 0 Å². The van der Waals surface area contributed by atoms with Gasteiger partial charge in [0.1, 0.15) is 5.03 Å². The van der Waals surface area contributed by atoms with Gasteiger partial charge in [0, 0.05) is 36.8 Å². The highest BCUT2D eigenvalue weighted by Gasteiger charge is 2.28. The molecule has 0 fully saturated rings. The molecule has 3 rings (SSSR count). The number of carbonyl (C=O) groups is 2. The van der Waals surface area contributed by atoms with Gasteiger partial charge in [-0.25, -0.2) is 4.98 Å². The zero-order valence-electron chi connectivity index (χ0n) is 15.4. The van der Waals surface area contributed by atoms with E-state index in [4.69, 9.17) is 0 Å². The van der Waals surface area contributed by atoms with E-state index >= 15 is 0 Å². The van der Waals surface area contributed by atoms with Crippen molar-refractivity contribution in [2.45, 2.75) is 36.6 Å². The third-order valence-corrected chi connectivity index (χ3v) is 5.37. The maximum absolute atomic E-state index is 13.0. The summed E-state index contributed by atoms with van der Waals surface area (Å²) < 4.78 is 0. The van der Waals surface area contributed by atoms with Crippen molar-refractivity contribution in [3.63, 3.8) is 0 Å². The lowest BCUT2D eigenvalue weighted by Crippen LogP contribution is -2.32. The Morgan fingerprint density at radius 1 is 1.23 bits per heavy atom. The molecule has 26 heavy (non-hydrogen) atoms. The van der Waals surface area contributed by atoms with Crippen LogP contribution in [0.2, 0.25) is 0 Å². The topological polar surface area (TPSA) is 53.5 Å². The van der Waals surface area contributed by atoms with Crippen molar-refractivity contribution in [3.8, 4) is 0 Å². The van der Waals surface area contributed by atoms with E-state index < -0.39 is 0 Å². The number of fused-ring (bicyclic) bond motifs is 2. The van der Waals surface area contributed by atoms with Crippen LogP contribution in [0.25, 0.3) is 0 Å². The number of aromatic nitrogens is 1. The number of anilines is 1. The van der Waals surface area contributed by atoms with Crippen LogP contribution in [0.4, 0.5) is 5.69 Å². The van der Waals surface area contributed by atoms with Crippen molar-refractivity contribution in [2.75, 3.05) is 25.0 Å². The molecule has 2 amide bonds. The minimum atomic E-state index is -0.0385. The maximum atomic E-state index is 13.0. The molecule has 2 aromatic rings. The van der Waals surface area contributed by atoms with Crippen molar-refractivity contribution in [1.29, 1.82) is 0 Å². The highest BCUT2D eigenvalue weighted by molar-refractivity contribution is 7.99. The van der Waals surface area contributed by atoms with Crippen LogP contribution in [0.3, 0.4) is 0 Å². The van der Waals surface area contributed by atoms with Crippen LogP contribution in [-0.4, -0.2) is 41.8 Å². The summed E-state index contributed by atoms with van der Waals surface area (Å²) in [7, 11) is 1.81. The van der Waals surface area contributed by atoms with E-state index in [0.29, 0.717) is 29.2 Å². The van der Waals surface area contributed by atoms with Crippen molar-refractivity contribution in [2.24, 2.45) is 0 Å². The number of carbonyl (C=O) groups excluding carboxylic acids is 2. The first-order valence-electron chi connectivity index (χ1n) is 8.91. The third-order valence-electron chi connectivity index (χ3n) is 4.30. The average molecular weight is 369 g/mol. The number of pyridine rings is 1. The van der Waals surface area contributed by atoms with Gasteiger partial charge in [0.05, 0.1) is 11.3 Å². The Labute approximate surface area is 158 Å². The minimum absolute atomic E-state index is 0.00545. The van der Waals surface area contributed by atoms with Gasteiger partial charge in [0.15, 0.2) is 0 Å². The van der Waals surface area contributed by atoms with Gasteiger partial charge < -0.3 is 9.80 Å². The molecule has 6 heteroatoms. The van der Waals surface area contributed by atoms with Crippen LogP contribution in [-0.2, 0) is 0 Å². The quantitative estimate of drug-likeness (QED) is 0.797. The van der Waals surface area contributed by atoms with E-state index in [1.54, 1.807) is 22.1 Å². The lowest BCUT2D eigenvalue weighted by atomic mass is 10.1. The third kappa shape index (κ3) is 3.46. The zero-order valence-corrected chi connectivity index (χ0v) is 16.2. The molecule has 0 spiro atoms. The number of hydrogen-bond acceptors (Lipinski definition) is 4. The van der Waals surface area contributed by atoms with Crippen LogP contribution in [0.5, 0.6) is 0 Å². The highest BCUT2D eigenvalue weighted by Crippen LogP contribution is 2.40. The normalized spacial score (nSPS) is 13.0. The summed E-state index contributed by atoms with van der Waals surface area (Å²) >= 11 is 1.45. The molecule has 0 aliphatic carbocycles. The Kier molecular flexibility index (Phi) is 5.61. The van der Waals surface area contributed by atoms with Crippen molar-refractivity contribution in [1.82, 2.24) is 9.88 Å². The van der Waals surface area contributed by atoms with Gasteiger partial charge in [-0.15, -0.1) is 0 Å². The molecule has 0 saturated heterocycles. The Bertz CT molecular complexity index is 838. The van der Waals surface area contributed by atoms with Crippen molar-refractivity contribution >= 4 is 29.3 Å². The summed E-state index contributed by atoms with van der Waals surface area (Å²) in [5, 5.41) is 0.684. The summed E-state index contributed by atoms with van der Waals surface area (Å²) in [6.45, 7) is 5.44. The standard InChI is InChI=1S/C20H23N3O2S/c1-4-11-22(3)19(24)14-8-9-16-17(13-14)26-18-15(7-6-10-21-18)20(25)23(16)12-5-2/h6-10,13H,4-5,11-12H2,1-3H3. The van der Waals surface area contributed by atoms with Gasteiger partial charge in [0.25, 0.3) is 11.8 Å². The molecule has 1 aromatic carbocycles. The first-order valence-corrected chi connectivity index (χ1v) is 9.72. The molecule has 0 saturated carbocycles. The molecular weight excluding hydrogens is 346 g/mol. The second-order valence-electron chi connectivity index (χ2n) is 6.32. The minimum Gasteiger partial charge on any atom is -0.342 e. The monoisotopic (exact) mass is 369 g/mol. The van der Waals surface area contributed by atoms with Crippen LogP contribution >= 0.6 is 11.8 Å². The second kappa shape index (κ2) is 7.91. The number of hydrogen-bond donors (Lipinski definition) is 0. The van der Waals surface area contributed by atoms with Crippen LogP contribution in [0.1, 0.15) is 47.4 Å². The lowest BCUT2D eigenvalue weighted by molar-refractivity contribution is 0.0794. The molecule has 0 atom stereocenters. The smallest absolute Gasteiger partial charge is 0.261 e. The highest BCUT2D eigenvalue weighted by atomic mass is 32.2. The van der Waals surface area contributed by atoms with E-state index in [1.807, 2.05) is 45.2 Å². The Balaban J connectivity index is 2.06. The summed E-state index contributed by atoms with van der Waals surface area (Å²) in [6.07, 6.45) is 3.46. The van der Waals surface area contributed by atoms with E-state index in [9.17, 15) is 9.59 Å². The number of rotatable bonds is 5. The molecule has 0 N–H and O–H groups in total. The summed E-state index contributed by atoms with van der Waals surface area (Å²) in [5.74, 6) is -0.0440. The molecule has 1 aromatic heterocycles. The molecule has 2 heterocycles. The van der Waals surface area contributed by atoms with Gasteiger partial charge in [-0.05, 0) is 43.2 Å². The van der Waals surface area contributed by atoms with Crippen molar-refractivity contribution < 1.29 is 9.59 Å². The van der Waals surface area contributed by atoms with E-state index in [2.05, 4.69) is 4.98 Å².